The van der Waals surface area contributed by atoms with Crippen molar-refractivity contribution < 1.29 is 33.3 Å². The Labute approximate surface area is 231 Å². The number of benzene rings is 3. The van der Waals surface area contributed by atoms with E-state index in [1.165, 1.54) is 4.90 Å². The van der Waals surface area contributed by atoms with Gasteiger partial charge in [-0.05, 0) is 73.9 Å². The number of aromatic nitrogens is 1. The van der Waals surface area contributed by atoms with Gasteiger partial charge in [0.25, 0.3) is 0 Å². The summed E-state index contributed by atoms with van der Waals surface area (Å²) in [7, 11) is 1.54. The lowest BCUT2D eigenvalue weighted by Gasteiger charge is -2.27. The van der Waals surface area contributed by atoms with Crippen molar-refractivity contribution >= 4 is 12.1 Å². The molecule has 0 saturated carbocycles. The number of likely N-dealkylation sites (tertiary alicyclic amines) is 1. The summed E-state index contributed by atoms with van der Waals surface area (Å²) in [5, 5.41) is 9.75. The molecule has 0 aliphatic carbocycles. The molecule has 9 heteroatoms. The number of methoxy groups -OCH3 is 1. The highest BCUT2D eigenvalue weighted by Gasteiger charge is 2.43. The SMILES string of the molecule is COc1ccc(OC(=O)N2[C@@H](c3ccc(OCCc4nc(-c5ccccc5)oc4C)cc3)CC[C@H]2C(=O)O)cc1. The molecule has 0 unspecified atom stereocenters. The molecule has 1 aliphatic rings. The summed E-state index contributed by atoms with van der Waals surface area (Å²) in [4.78, 5) is 30.9. The quantitative estimate of drug-likeness (QED) is 0.271. The van der Waals surface area contributed by atoms with Crippen LogP contribution in [-0.4, -0.2) is 46.8 Å². The number of hydrogen-bond acceptors (Lipinski definition) is 7. The van der Waals surface area contributed by atoms with Gasteiger partial charge >= 0.3 is 12.1 Å². The van der Waals surface area contributed by atoms with Crippen molar-refractivity contribution in [2.24, 2.45) is 0 Å². The van der Waals surface area contributed by atoms with E-state index in [1.54, 1.807) is 31.4 Å². The van der Waals surface area contributed by atoms with Gasteiger partial charge in [0.05, 0.1) is 25.5 Å². The summed E-state index contributed by atoms with van der Waals surface area (Å²) in [6, 6.07) is 22.2. The van der Waals surface area contributed by atoms with Crippen LogP contribution < -0.4 is 14.2 Å². The number of carbonyl (C=O) groups excluding carboxylic acids is 1. The van der Waals surface area contributed by atoms with Gasteiger partial charge in [0.15, 0.2) is 0 Å². The van der Waals surface area contributed by atoms with Crippen molar-refractivity contribution in [2.75, 3.05) is 13.7 Å². The Morgan fingerprint density at radius 1 is 0.950 bits per heavy atom. The molecule has 2 atom stereocenters. The van der Waals surface area contributed by atoms with Crippen LogP contribution >= 0.6 is 0 Å². The molecule has 1 amide bonds. The van der Waals surface area contributed by atoms with Gasteiger partial charge in [0, 0.05) is 12.0 Å². The second-order valence-corrected chi connectivity index (χ2v) is 9.45. The molecular weight excluding hydrogens is 512 g/mol. The first-order valence-electron chi connectivity index (χ1n) is 13.0. The molecule has 1 aromatic heterocycles. The lowest BCUT2D eigenvalue weighted by atomic mass is 10.0. The Hall–Kier alpha value is -4.79. The van der Waals surface area contributed by atoms with Crippen LogP contribution in [-0.2, 0) is 11.2 Å². The number of carboxylic acid groups (broad SMARTS) is 1. The van der Waals surface area contributed by atoms with Crippen molar-refractivity contribution in [2.45, 2.75) is 38.3 Å². The number of carboxylic acids is 1. The van der Waals surface area contributed by atoms with E-state index < -0.39 is 24.1 Å². The second kappa shape index (κ2) is 11.9. The van der Waals surface area contributed by atoms with Gasteiger partial charge in [-0.3, -0.25) is 4.90 Å². The standard InChI is InChI=1S/C31H30N2O7/c1-20-26(32-29(39-20)22-6-4-3-5-7-22)18-19-38-24-10-8-21(9-11-24)27-16-17-28(30(34)35)33(27)31(36)40-25-14-12-23(37-2)13-15-25/h3-15,27-28H,16-19H2,1-2H3,(H,34,35)/t27-,28+/m1/s1. The zero-order chi connectivity index (χ0) is 28.1. The molecule has 3 aromatic carbocycles. The Bertz CT molecular complexity index is 1450. The van der Waals surface area contributed by atoms with Crippen LogP contribution in [0.2, 0.25) is 0 Å². The third kappa shape index (κ3) is 5.93. The van der Waals surface area contributed by atoms with Crippen molar-refractivity contribution in [1.82, 2.24) is 9.88 Å². The fourth-order valence-corrected chi connectivity index (χ4v) is 4.85. The average molecular weight is 543 g/mol. The number of rotatable bonds is 9. The summed E-state index contributed by atoms with van der Waals surface area (Å²) in [5.74, 6) is 1.87. The zero-order valence-corrected chi connectivity index (χ0v) is 22.3. The lowest BCUT2D eigenvalue weighted by molar-refractivity contribution is -0.141. The van der Waals surface area contributed by atoms with E-state index in [1.807, 2.05) is 61.5 Å². The van der Waals surface area contributed by atoms with E-state index in [2.05, 4.69) is 4.98 Å². The number of oxazole rings is 1. The molecule has 0 bridgehead atoms. The first-order chi connectivity index (χ1) is 19.4. The summed E-state index contributed by atoms with van der Waals surface area (Å²) in [6.45, 7) is 2.30. The minimum atomic E-state index is -1.06. The highest BCUT2D eigenvalue weighted by Crippen LogP contribution is 2.38. The predicted octanol–water partition coefficient (Wildman–Crippen LogP) is 6.07. The van der Waals surface area contributed by atoms with Crippen LogP contribution in [0.5, 0.6) is 17.2 Å². The molecule has 206 valence electrons. The summed E-state index contributed by atoms with van der Waals surface area (Å²) < 4.78 is 22.4. The van der Waals surface area contributed by atoms with E-state index in [0.29, 0.717) is 49.0 Å². The number of amides is 1. The van der Waals surface area contributed by atoms with Gasteiger partial charge in [-0.2, -0.15) is 0 Å². The molecule has 1 saturated heterocycles. The Kier molecular flexibility index (Phi) is 8.00. The molecule has 1 fully saturated rings. The van der Waals surface area contributed by atoms with Crippen LogP contribution in [0.3, 0.4) is 0 Å². The van der Waals surface area contributed by atoms with Crippen molar-refractivity contribution in [3.05, 3.63) is 95.9 Å². The van der Waals surface area contributed by atoms with E-state index in [0.717, 1.165) is 22.6 Å². The van der Waals surface area contributed by atoms with Crippen molar-refractivity contribution in [3.63, 3.8) is 0 Å². The van der Waals surface area contributed by atoms with Crippen LogP contribution in [0.4, 0.5) is 4.79 Å². The highest BCUT2D eigenvalue weighted by atomic mass is 16.6. The minimum Gasteiger partial charge on any atom is -0.497 e. The van der Waals surface area contributed by atoms with Gasteiger partial charge in [-0.1, -0.05) is 30.3 Å². The highest BCUT2D eigenvalue weighted by molar-refractivity contribution is 5.82. The van der Waals surface area contributed by atoms with E-state index in [-0.39, 0.29) is 0 Å². The fraction of sp³-hybridized carbons (Fsp3) is 0.258. The number of aliphatic carboxylic acids is 1. The third-order valence-corrected chi connectivity index (χ3v) is 6.93. The maximum Gasteiger partial charge on any atom is 0.416 e. The molecule has 0 radical (unpaired) electrons. The molecular formula is C31H30N2O7. The number of hydrogen-bond donors (Lipinski definition) is 1. The van der Waals surface area contributed by atoms with Crippen molar-refractivity contribution in [3.8, 4) is 28.7 Å². The second-order valence-electron chi connectivity index (χ2n) is 9.45. The maximum absolute atomic E-state index is 13.1. The van der Waals surface area contributed by atoms with Gasteiger partial charge in [0.2, 0.25) is 5.89 Å². The Balaban J connectivity index is 1.22. The molecule has 40 heavy (non-hydrogen) atoms. The summed E-state index contributed by atoms with van der Waals surface area (Å²) in [6.07, 6.45) is 0.707. The number of carbonyl (C=O) groups is 2. The zero-order valence-electron chi connectivity index (χ0n) is 22.3. The molecule has 5 rings (SSSR count). The summed E-state index contributed by atoms with van der Waals surface area (Å²) >= 11 is 0. The van der Waals surface area contributed by atoms with Gasteiger partial charge in [-0.25, -0.2) is 14.6 Å². The summed E-state index contributed by atoms with van der Waals surface area (Å²) in [5.41, 5.74) is 2.57. The maximum atomic E-state index is 13.1. The van der Waals surface area contributed by atoms with Crippen molar-refractivity contribution in [1.29, 1.82) is 0 Å². The fourth-order valence-electron chi connectivity index (χ4n) is 4.85. The molecule has 9 nitrogen and oxygen atoms in total. The first kappa shape index (κ1) is 26.8. The minimum absolute atomic E-state index is 0.308. The normalized spacial score (nSPS) is 16.5. The molecule has 1 N–H and O–H groups in total. The van der Waals surface area contributed by atoms with Crippen LogP contribution in [0.1, 0.15) is 35.9 Å². The Morgan fingerprint density at radius 2 is 1.62 bits per heavy atom. The van der Waals surface area contributed by atoms with Crippen LogP contribution in [0.15, 0.2) is 83.3 Å². The first-order valence-corrected chi connectivity index (χ1v) is 13.0. The third-order valence-electron chi connectivity index (χ3n) is 6.93. The number of ether oxygens (including phenoxy) is 3. The smallest absolute Gasteiger partial charge is 0.416 e. The molecule has 2 heterocycles. The largest absolute Gasteiger partial charge is 0.497 e. The molecule has 1 aliphatic heterocycles. The number of aryl methyl sites for hydroxylation is 1. The average Bonchev–Trinajstić information content (AvgIpc) is 3.59. The van der Waals surface area contributed by atoms with E-state index in [9.17, 15) is 14.7 Å². The van der Waals surface area contributed by atoms with E-state index >= 15 is 0 Å². The Morgan fingerprint density at radius 3 is 2.30 bits per heavy atom. The predicted molar refractivity (Wildman–Crippen MR) is 147 cm³/mol. The van der Waals surface area contributed by atoms with Gasteiger partial charge in [0.1, 0.15) is 29.1 Å². The number of nitrogens with zero attached hydrogens (tertiary/aromatic N) is 2. The topological polar surface area (TPSA) is 111 Å². The van der Waals surface area contributed by atoms with Gasteiger partial charge in [-0.15, -0.1) is 0 Å². The van der Waals surface area contributed by atoms with Gasteiger partial charge < -0.3 is 23.7 Å². The monoisotopic (exact) mass is 542 g/mol. The lowest BCUT2D eigenvalue weighted by Crippen LogP contribution is -2.43. The van der Waals surface area contributed by atoms with Crippen LogP contribution in [0, 0.1) is 6.92 Å². The molecule has 4 aromatic rings. The molecule has 0 spiro atoms. The van der Waals surface area contributed by atoms with Crippen LogP contribution in [0.25, 0.3) is 11.5 Å². The van der Waals surface area contributed by atoms with E-state index in [4.69, 9.17) is 18.6 Å².